The molecule has 0 spiro atoms. The minimum atomic E-state index is 0.449. The molecule has 2 aromatic heterocycles. The van der Waals surface area contributed by atoms with Gasteiger partial charge in [-0.2, -0.15) is 9.94 Å². The van der Waals surface area contributed by atoms with E-state index in [0.29, 0.717) is 17.6 Å². The molecule has 8 heteroatoms. The van der Waals surface area contributed by atoms with E-state index >= 15 is 0 Å². The Labute approximate surface area is 192 Å². The van der Waals surface area contributed by atoms with Gasteiger partial charge in [0.15, 0.2) is 0 Å². The second-order valence-electron chi connectivity index (χ2n) is 9.03. The van der Waals surface area contributed by atoms with Crippen molar-refractivity contribution in [1.29, 1.82) is 5.26 Å². The first-order valence-electron chi connectivity index (χ1n) is 11.2. The first-order valence-corrected chi connectivity index (χ1v) is 11.2. The van der Waals surface area contributed by atoms with E-state index in [4.69, 9.17) is 5.26 Å². The van der Waals surface area contributed by atoms with Gasteiger partial charge in [0.2, 0.25) is 5.82 Å². The van der Waals surface area contributed by atoms with Crippen LogP contribution in [-0.2, 0) is 6.54 Å². The van der Waals surface area contributed by atoms with Crippen molar-refractivity contribution in [2.24, 2.45) is 0 Å². The predicted octanol–water partition coefficient (Wildman–Crippen LogP) is 3.22. The quantitative estimate of drug-likeness (QED) is 0.457. The third-order valence-corrected chi connectivity index (χ3v) is 6.50. The van der Waals surface area contributed by atoms with Crippen LogP contribution >= 0.6 is 0 Å². The molecule has 0 saturated carbocycles. The molecule has 1 N–H and O–H groups in total. The SMILES string of the molecule is CC1CN(c2ccc3c(c2)Cn2cc(-c4ccc(C#N)cc4)cc2-c2nnnn2-3)CC(C)N1. The monoisotopic (exact) mass is 436 g/mol. The van der Waals surface area contributed by atoms with Crippen LogP contribution in [0.2, 0.25) is 0 Å². The number of piperazine rings is 1. The molecule has 4 heterocycles. The van der Waals surface area contributed by atoms with Crippen LogP contribution in [0.1, 0.15) is 25.0 Å². The first-order chi connectivity index (χ1) is 16.1. The summed E-state index contributed by atoms with van der Waals surface area (Å²) in [7, 11) is 0. The first kappa shape index (κ1) is 19.7. The van der Waals surface area contributed by atoms with Gasteiger partial charge in [0.05, 0.1) is 23.0 Å². The maximum Gasteiger partial charge on any atom is 0.203 e. The molecule has 0 bridgehead atoms. The van der Waals surface area contributed by atoms with E-state index in [1.807, 2.05) is 28.9 Å². The van der Waals surface area contributed by atoms with Gasteiger partial charge in [0.1, 0.15) is 0 Å². The Hall–Kier alpha value is -3.96. The molecular weight excluding hydrogens is 412 g/mol. The fraction of sp³-hybridized carbons (Fsp3) is 0.280. The average molecular weight is 437 g/mol. The van der Waals surface area contributed by atoms with E-state index in [1.165, 1.54) is 11.3 Å². The van der Waals surface area contributed by atoms with E-state index in [0.717, 1.165) is 48.0 Å². The van der Waals surface area contributed by atoms with Crippen LogP contribution in [0.25, 0.3) is 28.3 Å². The number of nitrogens with one attached hydrogen (secondary N) is 1. The Morgan fingerprint density at radius 3 is 2.55 bits per heavy atom. The Kier molecular flexibility index (Phi) is 4.52. The smallest absolute Gasteiger partial charge is 0.203 e. The average Bonchev–Trinajstić information content (AvgIpc) is 3.43. The van der Waals surface area contributed by atoms with Crippen LogP contribution in [0, 0.1) is 11.3 Å². The van der Waals surface area contributed by atoms with E-state index in [1.54, 1.807) is 0 Å². The molecule has 2 atom stereocenters. The van der Waals surface area contributed by atoms with Crippen LogP contribution in [0.15, 0.2) is 54.7 Å². The zero-order valence-electron chi connectivity index (χ0n) is 18.6. The lowest BCUT2D eigenvalue weighted by Crippen LogP contribution is -2.54. The number of fused-ring (bicyclic) bond motifs is 5. The van der Waals surface area contributed by atoms with Gasteiger partial charge in [-0.3, -0.25) is 0 Å². The fourth-order valence-electron chi connectivity index (χ4n) is 5.06. The predicted molar refractivity (Wildman–Crippen MR) is 126 cm³/mol. The lowest BCUT2D eigenvalue weighted by molar-refractivity contribution is 0.407. The molecule has 0 aliphatic carbocycles. The largest absolute Gasteiger partial charge is 0.368 e. The number of nitriles is 1. The maximum absolute atomic E-state index is 9.10. The molecule has 0 amide bonds. The zero-order valence-corrected chi connectivity index (χ0v) is 18.6. The fourth-order valence-corrected chi connectivity index (χ4v) is 5.06. The highest BCUT2D eigenvalue weighted by Crippen LogP contribution is 2.34. The summed E-state index contributed by atoms with van der Waals surface area (Å²) in [5.41, 5.74) is 7.19. The van der Waals surface area contributed by atoms with Gasteiger partial charge >= 0.3 is 0 Å². The van der Waals surface area contributed by atoms with Crippen molar-refractivity contribution >= 4 is 5.69 Å². The molecular formula is C25H24N8. The zero-order chi connectivity index (χ0) is 22.5. The molecule has 4 aromatic rings. The minimum Gasteiger partial charge on any atom is -0.368 e. The summed E-state index contributed by atoms with van der Waals surface area (Å²) in [5, 5.41) is 25.3. The number of benzene rings is 2. The normalized spacial score (nSPS) is 19.2. The molecule has 1 fully saturated rings. The number of nitrogens with zero attached hydrogens (tertiary/aromatic N) is 7. The van der Waals surface area contributed by atoms with Crippen molar-refractivity contribution in [2.75, 3.05) is 18.0 Å². The maximum atomic E-state index is 9.10. The Balaban J connectivity index is 1.42. The minimum absolute atomic E-state index is 0.449. The van der Waals surface area contributed by atoms with E-state index < -0.39 is 0 Å². The van der Waals surface area contributed by atoms with Crippen molar-refractivity contribution in [1.82, 2.24) is 30.1 Å². The van der Waals surface area contributed by atoms with Gasteiger partial charge in [-0.05, 0) is 71.8 Å². The molecule has 2 unspecified atom stereocenters. The lowest BCUT2D eigenvalue weighted by atomic mass is 10.1. The van der Waals surface area contributed by atoms with Crippen LogP contribution in [0.3, 0.4) is 0 Å². The number of rotatable bonds is 2. The van der Waals surface area contributed by atoms with Crippen LogP contribution in [0.4, 0.5) is 5.69 Å². The van der Waals surface area contributed by atoms with Gasteiger partial charge in [0.25, 0.3) is 0 Å². The second-order valence-corrected chi connectivity index (χ2v) is 9.03. The van der Waals surface area contributed by atoms with Crippen molar-refractivity contribution in [2.45, 2.75) is 32.5 Å². The highest BCUT2D eigenvalue weighted by molar-refractivity contribution is 5.72. The second kappa shape index (κ2) is 7.57. The highest BCUT2D eigenvalue weighted by atomic mass is 15.5. The van der Waals surface area contributed by atoms with Crippen molar-refractivity contribution in [3.05, 3.63) is 65.9 Å². The van der Waals surface area contributed by atoms with Crippen LogP contribution < -0.4 is 10.2 Å². The van der Waals surface area contributed by atoms with E-state index in [9.17, 15) is 0 Å². The summed E-state index contributed by atoms with van der Waals surface area (Å²) < 4.78 is 4.05. The summed E-state index contributed by atoms with van der Waals surface area (Å²) >= 11 is 0. The molecule has 0 radical (unpaired) electrons. The summed E-state index contributed by atoms with van der Waals surface area (Å²) in [6, 6.07) is 19.4. The van der Waals surface area contributed by atoms with Gasteiger partial charge in [0, 0.05) is 49.2 Å². The van der Waals surface area contributed by atoms with Crippen molar-refractivity contribution in [3.8, 4) is 34.4 Å². The Morgan fingerprint density at radius 2 is 1.79 bits per heavy atom. The topological polar surface area (TPSA) is 87.6 Å². The van der Waals surface area contributed by atoms with Crippen LogP contribution in [0.5, 0.6) is 0 Å². The van der Waals surface area contributed by atoms with Crippen LogP contribution in [-0.4, -0.2) is 49.9 Å². The van der Waals surface area contributed by atoms with Crippen molar-refractivity contribution < 1.29 is 0 Å². The number of tetrazole rings is 1. The Morgan fingerprint density at radius 1 is 1.00 bits per heavy atom. The van der Waals surface area contributed by atoms with Gasteiger partial charge in [-0.15, -0.1) is 5.10 Å². The standard InChI is InChI=1S/C25H24N8/c1-16-12-31(13-17(2)27-16)22-7-8-23-21(9-22)15-32-14-20(19-5-3-18(11-26)4-6-19)10-24(32)25-28-29-30-33(23)25/h3-10,14,16-17,27H,12-13,15H2,1-2H3. The van der Waals surface area contributed by atoms with Gasteiger partial charge in [-0.1, -0.05) is 12.1 Å². The molecule has 2 aromatic carbocycles. The molecule has 1 saturated heterocycles. The molecule has 33 heavy (non-hydrogen) atoms. The van der Waals surface area contributed by atoms with Gasteiger partial charge < -0.3 is 14.8 Å². The van der Waals surface area contributed by atoms with Gasteiger partial charge in [-0.25, -0.2) is 0 Å². The summed E-state index contributed by atoms with van der Waals surface area (Å²) in [5.74, 6) is 0.728. The Bertz CT molecular complexity index is 1360. The summed E-state index contributed by atoms with van der Waals surface area (Å²) in [6.45, 7) is 7.15. The molecule has 2 aliphatic heterocycles. The third-order valence-electron chi connectivity index (χ3n) is 6.50. The molecule has 6 rings (SSSR count). The van der Waals surface area contributed by atoms with Crippen molar-refractivity contribution in [3.63, 3.8) is 0 Å². The molecule has 8 nitrogen and oxygen atoms in total. The number of hydrogen-bond donors (Lipinski definition) is 1. The summed E-state index contributed by atoms with van der Waals surface area (Å²) in [6.07, 6.45) is 2.15. The van der Waals surface area contributed by atoms with E-state index in [2.05, 4.69) is 80.7 Å². The highest BCUT2D eigenvalue weighted by Gasteiger charge is 2.26. The lowest BCUT2D eigenvalue weighted by Gasteiger charge is -2.38. The van der Waals surface area contributed by atoms with E-state index in [-0.39, 0.29) is 0 Å². The number of anilines is 1. The molecule has 2 aliphatic rings. The molecule has 164 valence electrons. The summed E-state index contributed by atoms with van der Waals surface area (Å²) in [4.78, 5) is 2.45. The number of aromatic nitrogens is 5. The number of hydrogen-bond acceptors (Lipinski definition) is 6. The third kappa shape index (κ3) is 3.38.